The van der Waals surface area contributed by atoms with E-state index in [1.807, 2.05) is 31.3 Å². The van der Waals surface area contributed by atoms with Gasteiger partial charge in [0.15, 0.2) is 0 Å². The molecule has 1 unspecified atom stereocenters. The highest BCUT2D eigenvalue weighted by molar-refractivity contribution is 5.43. The van der Waals surface area contributed by atoms with Crippen LogP contribution in [-0.2, 0) is 0 Å². The maximum Gasteiger partial charge on any atom is 0.226 e. The van der Waals surface area contributed by atoms with Crippen LogP contribution in [0.25, 0.3) is 0 Å². The Morgan fingerprint density at radius 3 is 3.06 bits per heavy atom. The third-order valence-corrected chi connectivity index (χ3v) is 3.21. The van der Waals surface area contributed by atoms with E-state index in [2.05, 4.69) is 14.9 Å². The molecular formula is C12H21N5. The van der Waals surface area contributed by atoms with E-state index in [9.17, 15) is 0 Å². The monoisotopic (exact) mass is 235 g/mol. The molecule has 5 nitrogen and oxygen atoms in total. The van der Waals surface area contributed by atoms with E-state index in [0.29, 0.717) is 0 Å². The molecule has 94 valence electrons. The molecule has 0 aromatic carbocycles. The van der Waals surface area contributed by atoms with E-state index in [-0.39, 0.29) is 0 Å². The van der Waals surface area contributed by atoms with Crippen molar-refractivity contribution < 1.29 is 0 Å². The van der Waals surface area contributed by atoms with E-state index >= 15 is 0 Å². The molecule has 2 heterocycles. The van der Waals surface area contributed by atoms with Crippen LogP contribution in [0.4, 0.5) is 11.8 Å². The second-order valence-electron chi connectivity index (χ2n) is 4.79. The fourth-order valence-corrected chi connectivity index (χ4v) is 2.24. The first-order valence-corrected chi connectivity index (χ1v) is 6.16. The fraction of sp³-hybridized carbons (Fsp3) is 0.667. The molecule has 5 heteroatoms. The molecule has 2 rings (SSSR count). The molecule has 1 fully saturated rings. The largest absolute Gasteiger partial charge is 0.356 e. The second kappa shape index (κ2) is 5.31. The Kier molecular flexibility index (Phi) is 3.78. The van der Waals surface area contributed by atoms with E-state index in [1.54, 1.807) is 0 Å². The Hall–Kier alpha value is -1.36. The lowest BCUT2D eigenvalue weighted by Gasteiger charge is -2.19. The summed E-state index contributed by atoms with van der Waals surface area (Å²) in [7, 11) is 3.92. The van der Waals surface area contributed by atoms with Gasteiger partial charge in [-0.05, 0) is 31.4 Å². The van der Waals surface area contributed by atoms with Gasteiger partial charge in [0, 0.05) is 33.4 Å². The minimum Gasteiger partial charge on any atom is -0.356 e. The number of nitrogens with zero attached hydrogens (tertiary/aromatic N) is 4. The van der Waals surface area contributed by atoms with Gasteiger partial charge in [0.1, 0.15) is 5.82 Å². The number of nitrogens with two attached hydrogens (primary N) is 1. The van der Waals surface area contributed by atoms with Crippen LogP contribution in [-0.4, -0.2) is 43.7 Å². The van der Waals surface area contributed by atoms with Gasteiger partial charge in [-0.25, -0.2) is 4.98 Å². The number of aromatic nitrogens is 2. The lowest BCUT2D eigenvalue weighted by atomic mass is 10.1. The Balaban J connectivity index is 2.05. The second-order valence-corrected chi connectivity index (χ2v) is 4.79. The van der Waals surface area contributed by atoms with Gasteiger partial charge >= 0.3 is 0 Å². The third-order valence-electron chi connectivity index (χ3n) is 3.21. The molecule has 0 spiro atoms. The Morgan fingerprint density at radius 1 is 1.53 bits per heavy atom. The fourth-order valence-electron chi connectivity index (χ4n) is 2.24. The van der Waals surface area contributed by atoms with Crippen molar-refractivity contribution in [3.05, 3.63) is 12.3 Å². The van der Waals surface area contributed by atoms with Crippen LogP contribution in [0.1, 0.15) is 12.8 Å². The van der Waals surface area contributed by atoms with Gasteiger partial charge in [0.2, 0.25) is 5.95 Å². The van der Waals surface area contributed by atoms with Crippen LogP contribution in [0, 0.1) is 5.92 Å². The molecule has 2 N–H and O–H groups in total. The average Bonchev–Trinajstić information content (AvgIpc) is 2.78. The third kappa shape index (κ3) is 2.85. The molecule has 0 bridgehead atoms. The summed E-state index contributed by atoms with van der Waals surface area (Å²) in [5.74, 6) is 2.52. The minimum absolute atomic E-state index is 0.720. The summed E-state index contributed by atoms with van der Waals surface area (Å²) in [6.07, 6.45) is 4.16. The van der Waals surface area contributed by atoms with Crippen LogP contribution in [0.15, 0.2) is 12.3 Å². The zero-order chi connectivity index (χ0) is 12.3. The van der Waals surface area contributed by atoms with Crippen molar-refractivity contribution in [3.63, 3.8) is 0 Å². The van der Waals surface area contributed by atoms with Crippen LogP contribution in [0.3, 0.4) is 0 Å². The number of rotatable bonds is 4. The molecule has 1 aliphatic heterocycles. The lowest BCUT2D eigenvalue weighted by molar-refractivity contribution is 0.546. The Morgan fingerprint density at radius 2 is 2.35 bits per heavy atom. The van der Waals surface area contributed by atoms with Crippen LogP contribution < -0.4 is 15.5 Å². The SMILES string of the molecule is CN(C)c1nccc(N2CCC(CCN)C2)n1. The summed E-state index contributed by atoms with van der Waals surface area (Å²) >= 11 is 0. The normalized spacial score (nSPS) is 19.7. The highest BCUT2D eigenvalue weighted by Crippen LogP contribution is 2.24. The lowest BCUT2D eigenvalue weighted by Crippen LogP contribution is -2.23. The number of anilines is 2. The average molecular weight is 235 g/mol. The molecular weight excluding hydrogens is 214 g/mol. The molecule has 0 aliphatic carbocycles. The summed E-state index contributed by atoms with van der Waals surface area (Å²) < 4.78 is 0. The molecule has 1 saturated heterocycles. The molecule has 1 aromatic rings. The van der Waals surface area contributed by atoms with Crippen molar-refractivity contribution in [2.45, 2.75) is 12.8 Å². The highest BCUT2D eigenvalue weighted by atomic mass is 15.3. The van der Waals surface area contributed by atoms with E-state index < -0.39 is 0 Å². The van der Waals surface area contributed by atoms with Gasteiger partial charge in [0.05, 0.1) is 0 Å². The van der Waals surface area contributed by atoms with Crippen LogP contribution >= 0.6 is 0 Å². The van der Waals surface area contributed by atoms with E-state index in [1.165, 1.54) is 6.42 Å². The molecule has 1 aliphatic rings. The molecule has 0 saturated carbocycles. The molecule has 17 heavy (non-hydrogen) atoms. The minimum atomic E-state index is 0.720. The topological polar surface area (TPSA) is 58.3 Å². The van der Waals surface area contributed by atoms with Gasteiger partial charge in [-0.2, -0.15) is 4.98 Å². The first-order chi connectivity index (χ1) is 8.20. The zero-order valence-corrected chi connectivity index (χ0v) is 10.6. The van der Waals surface area contributed by atoms with Gasteiger partial charge in [-0.3, -0.25) is 0 Å². The van der Waals surface area contributed by atoms with Crippen LogP contribution in [0.5, 0.6) is 0 Å². The zero-order valence-electron chi connectivity index (χ0n) is 10.6. The van der Waals surface area contributed by atoms with Crippen molar-refractivity contribution >= 4 is 11.8 Å². The van der Waals surface area contributed by atoms with Crippen LogP contribution in [0.2, 0.25) is 0 Å². The van der Waals surface area contributed by atoms with Gasteiger partial charge < -0.3 is 15.5 Å². The summed E-state index contributed by atoms with van der Waals surface area (Å²) in [4.78, 5) is 13.0. The quantitative estimate of drug-likeness (QED) is 0.833. The Bertz CT molecular complexity index is 366. The van der Waals surface area contributed by atoms with Crippen molar-refractivity contribution in [3.8, 4) is 0 Å². The number of hydrogen-bond donors (Lipinski definition) is 1. The predicted molar refractivity (Wildman–Crippen MR) is 70.4 cm³/mol. The van der Waals surface area contributed by atoms with E-state index in [0.717, 1.165) is 43.7 Å². The van der Waals surface area contributed by atoms with Crippen molar-refractivity contribution in [2.75, 3.05) is 43.5 Å². The van der Waals surface area contributed by atoms with Crippen molar-refractivity contribution in [1.29, 1.82) is 0 Å². The van der Waals surface area contributed by atoms with E-state index in [4.69, 9.17) is 5.73 Å². The Labute approximate surface area is 103 Å². The molecule has 0 radical (unpaired) electrons. The van der Waals surface area contributed by atoms with Crippen molar-refractivity contribution in [2.24, 2.45) is 11.7 Å². The summed E-state index contributed by atoms with van der Waals surface area (Å²) in [5.41, 5.74) is 5.61. The molecule has 1 atom stereocenters. The first-order valence-electron chi connectivity index (χ1n) is 6.16. The summed E-state index contributed by atoms with van der Waals surface area (Å²) in [5, 5.41) is 0. The summed E-state index contributed by atoms with van der Waals surface area (Å²) in [6.45, 7) is 2.93. The van der Waals surface area contributed by atoms with Crippen molar-refractivity contribution in [1.82, 2.24) is 9.97 Å². The molecule has 0 amide bonds. The smallest absolute Gasteiger partial charge is 0.226 e. The summed E-state index contributed by atoms with van der Waals surface area (Å²) in [6, 6.07) is 1.98. The predicted octanol–water partition coefficient (Wildman–Crippen LogP) is 0.718. The highest BCUT2D eigenvalue weighted by Gasteiger charge is 2.23. The standard InChI is InChI=1S/C12H21N5/c1-16(2)12-14-7-4-11(15-12)17-8-5-10(9-17)3-6-13/h4,7,10H,3,5-6,8-9,13H2,1-2H3. The maximum absolute atomic E-state index is 5.61. The van der Waals surface area contributed by atoms with Gasteiger partial charge in [-0.15, -0.1) is 0 Å². The first kappa shape index (κ1) is 12.1. The maximum atomic E-state index is 5.61. The van der Waals surface area contributed by atoms with Gasteiger partial charge in [0.25, 0.3) is 0 Å². The van der Waals surface area contributed by atoms with Gasteiger partial charge in [-0.1, -0.05) is 0 Å². The molecule has 1 aromatic heterocycles. The number of hydrogen-bond acceptors (Lipinski definition) is 5.